The number of carbonyl (C=O) groups is 1. The van der Waals surface area contributed by atoms with Gasteiger partial charge in [-0.3, -0.25) is 4.79 Å². The first kappa shape index (κ1) is 15.7. The van der Waals surface area contributed by atoms with Crippen molar-refractivity contribution in [2.45, 2.75) is 32.1 Å². The Kier molecular flexibility index (Phi) is 5.10. The van der Waals surface area contributed by atoms with Gasteiger partial charge >= 0.3 is 5.97 Å². The fourth-order valence-electron chi connectivity index (χ4n) is 2.96. The van der Waals surface area contributed by atoms with Crippen molar-refractivity contribution in [3.05, 3.63) is 23.8 Å². The Bertz CT molecular complexity index is 498. The van der Waals surface area contributed by atoms with Crippen LogP contribution in [-0.4, -0.2) is 27.3 Å². The van der Waals surface area contributed by atoms with Gasteiger partial charge in [0.05, 0.1) is 27.2 Å². The Morgan fingerprint density at radius 3 is 2.52 bits per heavy atom. The lowest BCUT2D eigenvalue weighted by atomic mass is 9.90. The van der Waals surface area contributed by atoms with Gasteiger partial charge in [-0.05, 0) is 48.8 Å². The highest BCUT2D eigenvalue weighted by Gasteiger charge is 2.44. The van der Waals surface area contributed by atoms with E-state index in [2.05, 4.69) is 13.0 Å². The van der Waals surface area contributed by atoms with Crippen LogP contribution in [0.4, 0.5) is 0 Å². The lowest BCUT2D eigenvalue weighted by molar-refractivity contribution is -0.142. The highest BCUT2D eigenvalue weighted by atomic mass is 16.5. The van der Waals surface area contributed by atoms with Gasteiger partial charge in [-0.25, -0.2) is 0 Å². The molecule has 0 saturated heterocycles. The molecule has 0 bridgehead atoms. The second-order valence-corrected chi connectivity index (χ2v) is 5.58. The molecule has 21 heavy (non-hydrogen) atoms. The zero-order valence-electron chi connectivity index (χ0n) is 13.2. The van der Waals surface area contributed by atoms with E-state index in [1.165, 1.54) is 12.7 Å². The smallest absolute Gasteiger partial charge is 0.308 e. The predicted octanol–water partition coefficient (Wildman–Crippen LogP) is 3.40. The van der Waals surface area contributed by atoms with E-state index < -0.39 is 0 Å². The third-order valence-electron chi connectivity index (χ3n) is 4.39. The van der Waals surface area contributed by atoms with Gasteiger partial charge in [0.15, 0.2) is 11.5 Å². The number of esters is 1. The van der Waals surface area contributed by atoms with Crippen molar-refractivity contribution in [3.8, 4) is 11.5 Å². The molecule has 3 atom stereocenters. The summed E-state index contributed by atoms with van der Waals surface area (Å²) in [5.74, 6) is 2.43. The molecule has 1 aliphatic rings. The number of ether oxygens (including phenoxy) is 3. The van der Waals surface area contributed by atoms with Gasteiger partial charge in [-0.1, -0.05) is 13.0 Å². The van der Waals surface area contributed by atoms with Crippen molar-refractivity contribution in [3.63, 3.8) is 0 Å². The average Bonchev–Trinajstić information content (AvgIpc) is 3.30. The molecule has 1 aromatic rings. The summed E-state index contributed by atoms with van der Waals surface area (Å²) < 4.78 is 15.5. The first-order chi connectivity index (χ1) is 10.1. The summed E-state index contributed by atoms with van der Waals surface area (Å²) in [4.78, 5) is 11.5. The number of hydrogen-bond acceptors (Lipinski definition) is 4. The van der Waals surface area contributed by atoms with Gasteiger partial charge in [-0.2, -0.15) is 0 Å². The summed E-state index contributed by atoms with van der Waals surface area (Å²) in [6, 6.07) is 6.08. The predicted molar refractivity (Wildman–Crippen MR) is 80.8 cm³/mol. The van der Waals surface area contributed by atoms with Crippen molar-refractivity contribution < 1.29 is 19.0 Å². The van der Waals surface area contributed by atoms with Crippen LogP contribution in [0.3, 0.4) is 0 Å². The highest BCUT2D eigenvalue weighted by molar-refractivity contribution is 5.75. The summed E-state index contributed by atoms with van der Waals surface area (Å²) in [6.07, 6.45) is 3.02. The molecule has 0 aromatic heterocycles. The van der Waals surface area contributed by atoms with Crippen LogP contribution in [0.15, 0.2) is 18.2 Å². The van der Waals surface area contributed by atoms with Crippen molar-refractivity contribution in [1.82, 2.24) is 0 Å². The van der Waals surface area contributed by atoms with E-state index in [0.717, 1.165) is 30.8 Å². The van der Waals surface area contributed by atoms with E-state index in [9.17, 15) is 4.79 Å². The molecule has 1 aromatic carbocycles. The van der Waals surface area contributed by atoms with Crippen LogP contribution in [0.5, 0.6) is 11.5 Å². The van der Waals surface area contributed by atoms with Crippen LogP contribution in [-0.2, 0) is 9.53 Å². The molecule has 4 nitrogen and oxygen atoms in total. The largest absolute Gasteiger partial charge is 0.493 e. The highest BCUT2D eigenvalue weighted by Crippen LogP contribution is 2.47. The van der Waals surface area contributed by atoms with Crippen LogP contribution in [0.25, 0.3) is 0 Å². The maximum absolute atomic E-state index is 11.5. The van der Waals surface area contributed by atoms with Crippen molar-refractivity contribution >= 4 is 5.97 Å². The van der Waals surface area contributed by atoms with E-state index in [-0.39, 0.29) is 11.9 Å². The molecule has 0 N–H and O–H groups in total. The molecular weight excluding hydrogens is 268 g/mol. The number of methoxy groups -OCH3 is 3. The second-order valence-electron chi connectivity index (χ2n) is 5.58. The lowest BCUT2D eigenvalue weighted by Crippen LogP contribution is -2.07. The molecule has 1 saturated carbocycles. The van der Waals surface area contributed by atoms with E-state index in [1.54, 1.807) is 14.2 Å². The molecule has 0 spiro atoms. The zero-order chi connectivity index (χ0) is 15.4. The number of carbonyl (C=O) groups excluding carboxylic acids is 1. The Labute approximate surface area is 126 Å². The molecule has 1 fully saturated rings. The Balaban J connectivity index is 2.06. The molecule has 0 radical (unpaired) electrons. The van der Waals surface area contributed by atoms with Crippen LogP contribution >= 0.6 is 0 Å². The monoisotopic (exact) mass is 292 g/mol. The average molecular weight is 292 g/mol. The van der Waals surface area contributed by atoms with Crippen LogP contribution in [0.2, 0.25) is 0 Å². The standard InChI is InChI=1S/C17H24O4/c1-5-11(8-13-9-14(13)17(18)21-4)12-6-7-15(19-2)16(10-12)20-3/h6-7,10-11,13-14H,5,8-9H2,1-4H3. The van der Waals surface area contributed by atoms with Gasteiger partial charge in [0, 0.05) is 0 Å². The van der Waals surface area contributed by atoms with E-state index >= 15 is 0 Å². The number of hydrogen-bond donors (Lipinski definition) is 0. The molecule has 0 aliphatic heterocycles. The summed E-state index contributed by atoms with van der Waals surface area (Å²) in [7, 11) is 4.75. The first-order valence-electron chi connectivity index (χ1n) is 7.44. The second kappa shape index (κ2) is 6.83. The number of benzene rings is 1. The van der Waals surface area contributed by atoms with Crippen molar-refractivity contribution in [1.29, 1.82) is 0 Å². The van der Waals surface area contributed by atoms with Gasteiger partial charge in [0.1, 0.15) is 0 Å². The minimum absolute atomic E-state index is 0.0674. The van der Waals surface area contributed by atoms with Crippen LogP contribution in [0.1, 0.15) is 37.7 Å². The third-order valence-corrected chi connectivity index (χ3v) is 4.39. The summed E-state index contributed by atoms with van der Waals surface area (Å²) >= 11 is 0. The zero-order valence-corrected chi connectivity index (χ0v) is 13.2. The van der Waals surface area contributed by atoms with E-state index in [4.69, 9.17) is 14.2 Å². The fraction of sp³-hybridized carbons (Fsp3) is 0.588. The first-order valence-corrected chi connectivity index (χ1v) is 7.44. The molecule has 1 aliphatic carbocycles. The molecule has 3 unspecified atom stereocenters. The fourth-order valence-corrected chi connectivity index (χ4v) is 2.96. The summed E-state index contributed by atoms with van der Waals surface area (Å²) in [5.41, 5.74) is 1.24. The molecule has 116 valence electrons. The maximum atomic E-state index is 11.5. The normalized spacial score (nSPS) is 21.5. The van der Waals surface area contributed by atoms with Gasteiger partial charge in [-0.15, -0.1) is 0 Å². The minimum atomic E-state index is -0.0674. The molecule has 2 rings (SSSR count). The van der Waals surface area contributed by atoms with Crippen LogP contribution < -0.4 is 9.47 Å². The summed E-state index contributed by atoms with van der Waals surface area (Å²) in [5, 5.41) is 0. The van der Waals surface area contributed by atoms with Gasteiger partial charge in [0.2, 0.25) is 0 Å². The quantitative estimate of drug-likeness (QED) is 0.723. The molecule has 0 heterocycles. The SMILES string of the molecule is CCC(CC1CC1C(=O)OC)c1ccc(OC)c(OC)c1. The van der Waals surface area contributed by atoms with E-state index in [1.807, 2.05) is 12.1 Å². The van der Waals surface area contributed by atoms with Crippen LogP contribution in [0, 0.1) is 11.8 Å². The van der Waals surface area contributed by atoms with Gasteiger partial charge < -0.3 is 14.2 Å². The summed E-state index contributed by atoms with van der Waals surface area (Å²) in [6.45, 7) is 2.18. The van der Waals surface area contributed by atoms with Crippen molar-refractivity contribution in [2.24, 2.45) is 11.8 Å². The lowest BCUT2D eigenvalue weighted by Gasteiger charge is -2.17. The Morgan fingerprint density at radius 2 is 1.95 bits per heavy atom. The minimum Gasteiger partial charge on any atom is -0.493 e. The maximum Gasteiger partial charge on any atom is 0.308 e. The van der Waals surface area contributed by atoms with Gasteiger partial charge in [0.25, 0.3) is 0 Å². The molecule has 4 heteroatoms. The topological polar surface area (TPSA) is 44.8 Å². The Hall–Kier alpha value is -1.71. The Morgan fingerprint density at radius 1 is 1.24 bits per heavy atom. The molecule has 0 amide bonds. The van der Waals surface area contributed by atoms with Crippen molar-refractivity contribution in [2.75, 3.05) is 21.3 Å². The third kappa shape index (κ3) is 3.49. The molecular formula is C17H24O4. The number of rotatable bonds is 7. The van der Waals surface area contributed by atoms with E-state index in [0.29, 0.717) is 11.8 Å².